The molecule has 0 radical (unpaired) electrons. The predicted molar refractivity (Wildman–Crippen MR) is 440 cm³/mol. The smallest absolute Gasteiger partial charge is 0.0992 e. The molecule has 0 saturated heterocycles. The molecule has 0 spiro atoms. The van der Waals surface area contributed by atoms with Crippen molar-refractivity contribution >= 4 is 119 Å². The fourth-order valence-electron chi connectivity index (χ4n) is 16.5. The summed E-state index contributed by atoms with van der Waals surface area (Å²) in [5.74, 6) is 0. The fraction of sp³-hybridized carbons (Fsp3) is 0. The first-order valence-electron chi connectivity index (χ1n) is 35.6. The molecular weight excluding hydrogens is 1290 g/mol. The summed E-state index contributed by atoms with van der Waals surface area (Å²) in [6, 6.07) is 125. The lowest BCUT2D eigenvalue weighted by Crippen LogP contribution is -1.94. The van der Waals surface area contributed by atoms with Crippen molar-refractivity contribution in [3.63, 3.8) is 0 Å². The molecule has 21 rings (SSSR count). The average Bonchev–Trinajstić information content (AvgIpc) is 1.40. The Morgan fingerprint density at radius 1 is 0.236 bits per heavy atom. The van der Waals surface area contributed by atoms with Crippen molar-refractivity contribution in [1.29, 1.82) is 10.5 Å². The molecule has 0 fully saturated rings. The summed E-state index contributed by atoms with van der Waals surface area (Å²) >= 11 is 0. The van der Waals surface area contributed by atoms with Gasteiger partial charge in [0.1, 0.15) is 0 Å². The predicted octanol–water partition coefficient (Wildman–Crippen LogP) is 25.6. The SMILES string of the molecule is N#Cc1ccc2c3ccc(-c4cc5c6ccccc6c(-c6ccc(-c7cccc8cccnc78)cc6)cc5c5ccccc45)cc3n(-c3ccccc3)c2c1.N#Cc1ccc2c3ccc(-c4cc5c6ccccc6c(-c6cccc(-c7ccncc7)n6)cc5c5ccccc45)cc3n(-c3ccccc3)c2c1. The van der Waals surface area contributed by atoms with Gasteiger partial charge in [0, 0.05) is 73.6 Å². The van der Waals surface area contributed by atoms with Crippen LogP contribution in [0.25, 0.3) is 198 Å². The van der Waals surface area contributed by atoms with E-state index in [1.807, 2.05) is 73.2 Å². The van der Waals surface area contributed by atoms with Gasteiger partial charge in [-0.25, -0.2) is 4.98 Å². The van der Waals surface area contributed by atoms with Gasteiger partial charge in [0.25, 0.3) is 0 Å². The maximum Gasteiger partial charge on any atom is 0.0992 e. The van der Waals surface area contributed by atoms with E-state index in [0.717, 1.165) is 111 Å². The molecule has 7 heteroatoms. The molecule has 0 atom stereocenters. The van der Waals surface area contributed by atoms with Gasteiger partial charge in [-0.3, -0.25) is 9.97 Å². The summed E-state index contributed by atoms with van der Waals surface area (Å²) < 4.78 is 4.58. The molecule has 0 aliphatic rings. The number of benzene rings is 16. The molecular formula is C99H59N7. The highest BCUT2D eigenvalue weighted by molar-refractivity contribution is 6.26. The minimum Gasteiger partial charge on any atom is -0.309 e. The number of rotatable bonds is 8. The molecule has 106 heavy (non-hydrogen) atoms. The molecule has 5 aromatic heterocycles. The lowest BCUT2D eigenvalue weighted by molar-refractivity contribution is 1.18. The first kappa shape index (κ1) is 61.3. The van der Waals surface area contributed by atoms with Crippen LogP contribution in [0.1, 0.15) is 11.1 Å². The van der Waals surface area contributed by atoms with E-state index in [1.165, 1.54) is 86.9 Å². The van der Waals surface area contributed by atoms with Gasteiger partial charge < -0.3 is 9.13 Å². The molecule has 5 heterocycles. The first-order chi connectivity index (χ1) is 52.5. The van der Waals surface area contributed by atoms with Gasteiger partial charge in [0.05, 0.1) is 62.2 Å². The van der Waals surface area contributed by atoms with Gasteiger partial charge >= 0.3 is 0 Å². The van der Waals surface area contributed by atoms with E-state index in [4.69, 9.17) is 9.97 Å². The third-order valence-corrected chi connectivity index (χ3v) is 21.3. The quantitative estimate of drug-likeness (QED) is 0.141. The number of hydrogen-bond donors (Lipinski definition) is 0. The second-order valence-electron chi connectivity index (χ2n) is 27.2. The minimum atomic E-state index is 0.647. The topological polar surface area (TPSA) is 96.1 Å². The van der Waals surface area contributed by atoms with Crippen LogP contribution in [0.15, 0.2) is 358 Å². The van der Waals surface area contributed by atoms with E-state index in [9.17, 15) is 10.5 Å². The Morgan fingerprint density at radius 2 is 0.613 bits per heavy atom. The van der Waals surface area contributed by atoms with Crippen LogP contribution in [-0.2, 0) is 0 Å². The van der Waals surface area contributed by atoms with Gasteiger partial charge in [-0.2, -0.15) is 10.5 Å². The van der Waals surface area contributed by atoms with Crippen LogP contribution in [0, 0.1) is 22.7 Å². The van der Waals surface area contributed by atoms with Crippen molar-refractivity contribution in [2.75, 3.05) is 0 Å². The van der Waals surface area contributed by atoms with Crippen molar-refractivity contribution in [2.45, 2.75) is 0 Å². The van der Waals surface area contributed by atoms with Gasteiger partial charge in [0.15, 0.2) is 0 Å². The highest BCUT2D eigenvalue weighted by Crippen LogP contribution is 2.47. The number of para-hydroxylation sites is 3. The third kappa shape index (κ3) is 10.1. The molecule has 0 saturated carbocycles. The summed E-state index contributed by atoms with van der Waals surface area (Å²) in [7, 11) is 0. The summed E-state index contributed by atoms with van der Waals surface area (Å²) in [4.78, 5) is 14.1. The summed E-state index contributed by atoms with van der Waals surface area (Å²) in [5.41, 5.74) is 22.1. The molecule has 7 nitrogen and oxygen atoms in total. The minimum absolute atomic E-state index is 0.647. The van der Waals surface area contributed by atoms with Crippen LogP contribution in [0.4, 0.5) is 0 Å². The van der Waals surface area contributed by atoms with Gasteiger partial charge in [0.2, 0.25) is 0 Å². The zero-order chi connectivity index (χ0) is 70.3. The monoisotopic (exact) mass is 1350 g/mol. The molecule has 0 unspecified atom stereocenters. The number of nitrogens with zero attached hydrogens (tertiary/aromatic N) is 7. The maximum atomic E-state index is 9.79. The summed E-state index contributed by atoms with van der Waals surface area (Å²) in [6.07, 6.45) is 5.48. The standard InChI is InChI=1S/C52H31N3.C47H28N4/c53-32-33-19-25-44-45-26-24-37(29-51(45)55(50(44)28-33)38-12-2-1-3-13-38)47-31-49-42-16-6-4-14-40(42)46(30-48(49)43-17-7-5-15-41(43)47)35-22-20-34(21-23-35)39-18-8-10-36-11-9-27-54-52(36)39;48-29-30-17-19-38-39-20-18-32(26-47(39)51(46(38)25-30)33-9-2-1-3-10-33)40-27-41-36-13-6-7-14-37(36)43(28-42(41)35-12-5-4-11-34(35)40)45-16-8-15-44(50-45)31-21-23-49-24-22-31/h1-31H;1-28H. The lowest BCUT2D eigenvalue weighted by atomic mass is 9.87. The molecule has 21 aromatic rings. The largest absolute Gasteiger partial charge is 0.309 e. The van der Waals surface area contributed by atoms with Crippen molar-refractivity contribution in [1.82, 2.24) is 24.1 Å². The van der Waals surface area contributed by atoms with E-state index in [0.29, 0.717) is 11.1 Å². The van der Waals surface area contributed by atoms with Crippen molar-refractivity contribution < 1.29 is 0 Å². The second-order valence-corrected chi connectivity index (χ2v) is 27.2. The van der Waals surface area contributed by atoms with E-state index in [2.05, 4.69) is 311 Å². The fourth-order valence-corrected chi connectivity index (χ4v) is 16.5. The molecule has 0 N–H and O–H groups in total. The van der Waals surface area contributed by atoms with Crippen LogP contribution >= 0.6 is 0 Å². The number of fused-ring (bicyclic) bond motifs is 17. The molecule has 0 aliphatic carbocycles. The van der Waals surface area contributed by atoms with Gasteiger partial charge in [-0.1, -0.05) is 224 Å². The van der Waals surface area contributed by atoms with E-state index in [1.54, 1.807) is 0 Å². The summed E-state index contributed by atoms with van der Waals surface area (Å²) in [5, 5.41) is 39.8. The molecule has 0 bridgehead atoms. The van der Waals surface area contributed by atoms with Crippen LogP contribution in [0.2, 0.25) is 0 Å². The maximum absolute atomic E-state index is 9.79. The third-order valence-electron chi connectivity index (χ3n) is 21.3. The van der Waals surface area contributed by atoms with Crippen molar-refractivity contribution in [3.05, 3.63) is 369 Å². The highest BCUT2D eigenvalue weighted by Gasteiger charge is 2.22. The Bertz CT molecular complexity index is 7260. The van der Waals surface area contributed by atoms with E-state index in [-0.39, 0.29) is 0 Å². The van der Waals surface area contributed by atoms with Crippen LogP contribution in [0.3, 0.4) is 0 Å². The Labute approximate surface area is 609 Å². The lowest BCUT2D eigenvalue weighted by Gasteiger charge is -2.17. The Kier molecular flexibility index (Phi) is 14.5. The normalized spacial score (nSPS) is 11.6. The van der Waals surface area contributed by atoms with E-state index < -0.39 is 0 Å². The zero-order valence-corrected chi connectivity index (χ0v) is 57.2. The Morgan fingerprint density at radius 3 is 1.09 bits per heavy atom. The first-order valence-corrected chi connectivity index (χ1v) is 35.6. The highest BCUT2D eigenvalue weighted by atomic mass is 15.0. The van der Waals surface area contributed by atoms with Crippen LogP contribution in [-0.4, -0.2) is 24.1 Å². The number of pyridine rings is 3. The molecule has 0 aliphatic heterocycles. The average molecular weight is 1350 g/mol. The van der Waals surface area contributed by atoms with Crippen molar-refractivity contribution in [3.8, 4) is 90.5 Å². The van der Waals surface area contributed by atoms with Crippen LogP contribution in [0.5, 0.6) is 0 Å². The number of aromatic nitrogens is 5. The van der Waals surface area contributed by atoms with Crippen molar-refractivity contribution in [2.24, 2.45) is 0 Å². The number of nitriles is 2. The van der Waals surface area contributed by atoms with E-state index >= 15 is 0 Å². The Hall–Kier alpha value is -14.6. The Balaban J connectivity index is 0.000000141. The molecule has 490 valence electrons. The molecule has 16 aromatic carbocycles. The van der Waals surface area contributed by atoms with Crippen LogP contribution < -0.4 is 0 Å². The number of hydrogen-bond acceptors (Lipinski definition) is 5. The molecule has 0 amide bonds. The second kappa shape index (κ2) is 25.2. The van der Waals surface area contributed by atoms with Gasteiger partial charge in [-0.15, -0.1) is 0 Å². The summed E-state index contributed by atoms with van der Waals surface area (Å²) in [6.45, 7) is 0. The zero-order valence-electron chi connectivity index (χ0n) is 57.2. The van der Waals surface area contributed by atoms with Gasteiger partial charge in [-0.05, 0) is 219 Å².